The minimum Gasteiger partial charge on any atom is -0.492 e. The molecule has 0 fully saturated rings. The van der Waals surface area contributed by atoms with Crippen molar-refractivity contribution in [2.45, 2.75) is 13.8 Å². The van der Waals surface area contributed by atoms with E-state index in [1.165, 1.54) is 11.3 Å². The maximum atomic E-state index is 13.4. The van der Waals surface area contributed by atoms with Crippen LogP contribution in [-0.2, 0) is 9.59 Å². The van der Waals surface area contributed by atoms with Gasteiger partial charge in [-0.3, -0.25) is 9.59 Å². The highest BCUT2D eigenvalue weighted by Gasteiger charge is 2.41. The molecule has 2 heterocycles. The van der Waals surface area contributed by atoms with Crippen LogP contribution in [0.3, 0.4) is 0 Å². The van der Waals surface area contributed by atoms with Crippen LogP contribution < -0.4 is 15.0 Å². The first-order chi connectivity index (χ1) is 14.5. The summed E-state index contributed by atoms with van der Waals surface area (Å²) in [4.78, 5) is 28.6. The summed E-state index contributed by atoms with van der Waals surface area (Å²) in [5.74, 6) is -0.219. The standard InChI is InChI=1S/C23H19ClN2O3S/c1-3-29-18-8-5-4-7-17(18)25-21-20(19-9-6-12-30-19)22(27)26(23(21)28)15-11-10-14(2)16(24)13-15/h4-13,25H,3H2,1-2H3. The van der Waals surface area contributed by atoms with Crippen LogP contribution in [0, 0.1) is 6.92 Å². The molecule has 30 heavy (non-hydrogen) atoms. The molecule has 3 aromatic rings. The minimum absolute atomic E-state index is 0.214. The summed E-state index contributed by atoms with van der Waals surface area (Å²) in [6.07, 6.45) is 0. The lowest BCUT2D eigenvalue weighted by Crippen LogP contribution is -2.32. The lowest BCUT2D eigenvalue weighted by atomic mass is 10.1. The van der Waals surface area contributed by atoms with E-state index in [9.17, 15) is 9.59 Å². The predicted octanol–water partition coefficient (Wildman–Crippen LogP) is 5.51. The van der Waals surface area contributed by atoms with Crippen molar-refractivity contribution >= 4 is 51.7 Å². The van der Waals surface area contributed by atoms with Crippen LogP contribution in [0.1, 0.15) is 17.4 Å². The van der Waals surface area contributed by atoms with Gasteiger partial charge in [0.25, 0.3) is 11.8 Å². The molecule has 0 saturated heterocycles. The van der Waals surface area contributed by atoms with Gasteiger partial charge < -0.3 is 10.1 Å². The van der Waals surface area contributed by atoms with Gasteiger partial charge in [-0.25, -0.2) is 4.90 Å². The third-order valence-corrected chi connectivity index (χ3v) is 6.01. The van der Waals surface area contributed by atoms with Gasteiger partial charge in [0.2, 0.25) is 0 Å². The van der Waals surface area contributed by atoms with Crippen molar-refractivity contribution in [2.75, 3.05) is 16.8 Å². The second-order valence-electron chi connectivity index (χ2n) is 6.66. The highest BCUT2D eigenvalue weighted by Crippen LogP contribution is 2.37. The molecule has 4 rings (SSSR count). The first kappa shape index (κ1) is 20.2. The Morgan fingerprint density at radius 2 is 1.87 bits per heavy atom. The number of nitrogens with zero attached hydrogens (tertiary/aromatic N) is 1. The minimum atomic E-state index is -0.436. The lowest BCUT2D eigenvalue weighted by molar-refractivity contribution is -0.120. The average Bonchev–Trinajstić information content (AvgIpc) is 3.33. The second kappa shape index (κ2) is 8.34. The Bertz CT molecular complexity index is 1160. The molecular formula is C23H19ClN2O3S. The van der Waals surface area contributed by atoms with Crippen LogP contribution in [0.25, 0.3) is 5.57 Å². The number of hydrogen-bond donors (Lipinski definition) is 1. The molecular weight excluding hydrogens is 420 g/mol. The molecule has 1 aliphatic rings. The fourth-order valence-electron chi connectivity index (χ4n) is 3.24. The number of carbonyl (C=O) groups is 2. The molecule has 0 spiro atoms. The topological polar surface area (TPSA) is 58.6 Å². The predicted molar refractivity (Wildman–Crippen MR) is 121 cm³/mol. The van der Waals surface area contributed by atoms with Crippen molar-refractivity contribution in [2.24, 2.45) is 0 Å². The number of amides is 2. The van der Waals surface area contributed by atoms with Gasteiger partial charge in [-0.1, -0.05) is 35.9 Å². The van der Waals surface area contributed by atoms with E-state index in [1.54, 1.807) is 18.2 Å². The number of halogens is 1. The molecule has 5 nitrogen and oxygen atoms in total. The smallest absolute Gasteiger partial charge is 0.282 e. The number of thiophene rings is 1. The number of rotatable bonds is 6. The van der Waals surface area contributed by atoms with Gasteiger partial charge in [0.15, 0.2) is 0 Å². The van der Waals surface area contributed by atoms with Crippen molar-refractivity contribution in [1.29, 1.82) is 0 Å². The molecule has 1 aliphatic heterocycles. The van der Waals surface area contributed by atoms with E-state index >= 15 is 0 Å². The molecule has 0 bridgehead atoms. The monoisotopic (exact) mass is 438 g/mol. The fourth-order valence-corrected chi connectivity index (χ4v) is 4.18. The van der Waals surface area contributed by atoms with E-state index in [2.05, 4.69) is 5.32 Å². The Labute approximate surface area is 183 Å². The zero-order valence-corrected chi connectivity index (χ0v) is 18.0. The summed E-state index contributed by atoms with van der Waals surface area (Å²) in [5.41, 5.74) is 2.47. The zero-order valence-electron chi connectivity index (χ0n) is 16.4. The molecule has 152 valence electrons. The number of ether oxygens (including phenoxy) is 1. The van der Waals surface area contributed by atoms with Crippen LogP contribution in [0.4, 0.5) is 11.4 Å². The first-order valence-corrected chi connectivity index (χ1v) is 10.7. The number of carbonyl (C=O) groups excluding carboxylic acids is 2. The van der Waals surface area contributed by atoms with Crippen molar-refractivity contribution in [3.05, 3.63) is 81.1 Å². The highest BCUT2D eigenvalue weighted by molar-refractivity contribution is 7.11. The third-order valence-electron chi connectivity index (χ3n) is 4.71. The van der Waals surface area contributed by atoms with Gasteiger partial charge in [0.05, 0.1) is 23.6 Å². The van der Waals surface area contributed by atoms with Crippen molar-refractivity contribution in [3.8, 4) is 5.75 Å². The van der Waals surface area contributed by atoms with E-state index in [4.69, 9.17) is 16.3 Å². The summed E-state index contributed by atoms with van der Waals surface area (Å²) in [5, 5.41) is 5.52. The number of imide groups is 1. The maximum Gasteiger partial charge on any atom is 0.282 e. The molecule has 2 aromatic carbocycles. The van der Waals surface area contributed by atoms with E-state index in [-0.39, 0.29) is 5.70 Å². The molecule has 2 amide bonds. The average molecular weight is 439 g/mol. The molecule has 0 atom stereocenters. The van der Waals surface area contributed by atoms with Gasteiger partial charge >= 0.3 is 0 Å². The van der Waals surface area contributed by atoms with Crippen molar-refractivity contribution in [1.82, 2.24) is 0 Å². The number of nitrogens with one attached hydrogen (secondary N) is 1. The first-order valence-electron chi connectivity index (χ1n) is 9.43. The Morgan fingerprint density at radius 3 is 2.57 bits per heavy atom. The Kier molecular flexibility index (Phi) is 5.61. The van der Waals surface area contributed by atoms with Crippen LogP contribution in [0.5, 0.6) is 5.75 Å². The summed E-state index contributed by atoms with van der Waals surface area (Å²) in [7, 11) is 0. The largest absolute Gasteiger partial charge is 0.492 e. The Morgan fingerprint density at radius 1 is 1.07 bits per heavy atom. The molecule has 0 unspecified atom stereocenters. The van der Waals surface area contributed by atoms with Gasteiger partial charge in [0, 0.05) is 9.90 Å². The normalized spacial score (nSPS) is 13.9. The number of anilines is 2. The second-order valence-corrected chi connectivity index (χ2v) is 8.02. The van der Waals surface area contributed by atoms with E-state index in [0.29, 0.717) is 39.2 Å². The Balaban J connectivity index is 1.80. The molecule has 0 radical (unpaired) electrons. The quantitative estimate of drug-likeness (QED) is 0.516. The number of hydrogen-bond acceptors (Lipinski definition) is 5. The molecule has 0 aliphatic carbocycles. The Hall–Kier alpha value is -3.09. The highest BCUT2D eigenvalue weighted by atomic mass is 35.5. The zero-order chi connectivity index (χ0) is 21.3. The van der Waals surface area contributed by atoms with Crippen LogP contribution in [0.2, 0.25) is 5.02 Å². The van der Waals surface area contributed by atoms with Gasteiger partial charge in [-0.2, -0.15) is 0 Å². The summed E-state index contributed by atoms with van der Waals surface area (Å²) < 4.78 is 5.67. The molecule has 1 aromatic heterocycles. The lowest BCUT2D eigenvalue weighted by Gasteiger charge is -2.17. The van der Waals surface area contributed by atoms with Crippen molar-refractivity contribution in [3.63, 3.8) is 0 Å². The summed E-state index contributed by atoms with van der Waals surface area (Å²) in [6, 6.07) is 16.1. The van der Waals surface area contributed by atoms with Gasteiger partial charge in [0.1, 0.15) is 11.4 Å². The number of aryl methyl sites for hydroxylation is 1. The van der Waals surface area contributed by atoms with Gasteiger partial charge in [-0.05, 0) is 55.1 Å². The van der Waals surface area contributed by atoms with Gasteiger partial charge in [-0.15, -0.1) is 11.3 Å². The maximum absolute atomic E-state index is 13.4. The van der Waals surface area contributed by atoms with E-state index in [0.717, 1.165) is 10.5 Å². The summed E-state index contributed by atoms with van der Waals surface area (Å²) >= 11 is 7.66. The molecule has 7 heteroatoms. The van der Waals surface area contributed by atoms with Crippen LogP contribution in [-0.4, -0.2) is 18.4 Å². The fraction of sp³-hybridized carbons (Fsp3) is 0.130. The van der Waals surface area contributed by atoms with Crippen LogP contribution >= 0.6 is 22.9 Å². The molecule has 1 N–H and O–H groups in total. The third kappa shape index (κ3) is 3.60. The van der Waals surface area contributed by atoms with Crippen LogP contribution in [0.15, 0.2) is 65.7 Å². The van der Waals surface area contributed by atoms with E-state index in [1.807, 2.05) is 55.6 Å². The van der Waals surface area contributed by atoms with Crippen molar-refractivity contribution < 1.29 is 14.3 Å². The van der Waals surface area contributed by atoms with E-state index < -0.39 is 11.8 Å². The number of benzene rings is 2. The number of para-hydroxylation sites is 2. The SMILES string of the molecule is CCOc1ccccc1NC1=C(c2cccs2)C(=O)N(c2ccc(C)c(Cl)c2)C1=O. The summed E-state index contributed by atoms with van der Waals surface area (Å²) in [6.45, 7) is 4.24. The molecule has 0 saturated carbocycles.